The Morgan fingerprint density at radius 1 is 1.03 bits per heavy atom. The summed E-state index contributed by atoms with van der Waals surface area (Å²) >= 11 is 3.64. The van der Waals surface area contributed by atoms with Crippen LogP contribution in [-0.4, -0.2) is 6.61 Å². The van der Waals surface area contributed by atoms with Crippen molar-refractivity contribution in [3.05, 3.63) is 64.6 Å². The van der Waals surface area contributed by atoms with Gasteiger partial charge < -0.3 is 9.15 Å². The lowest BCUT2D eigenvalue weighted by Crippen LogP contribution is -1.97. The molecule has 0 bridgehead atoms. The number of fused-ring (bicyclic) bond motifs is 2. The Balaban J connectivity index is 1.54. The van der Waals surface area contributed by atoms with Gasteiger partial charge in [0, 0.05) is 16.5 Å². The summed E-state index contributed by atoms with van der Waals surface area (Å²) in [5.41, 5.74) is 3.39. The number of nitrogens with zero attached hydrogens (tertiary/aromatic N) is 1. The minimum atomic E-state index is 0.0333. The third-order valence-electron chi connectivity index (χ3n) is 6.45. The average molecular weight is 474 g/mol. The van der Waals surface area contributed by atoms with Crippen LogP contribution in [0.3, 0.4) is 0 Å². The zero-order chi connectivity index (χ0) is 21.2. The van der Waals surface area contributed by atoms with E-state index in [1.165, 1.54) is 43.1 Å². The van der Waals surface area contributed by atoms with Crippen LogP contribution in [0.25, 0.3) is 33.1 Å². The van der Waals surface area contributed by atoms with Crippen LogP contribution < -0.4 is 4.74 Å². The van der Waals surface area contributed by atoms with Gasteiger partial charge in [-0.1, -0.05) is 62.1 Å². The predicted molar refractivity (Wildman–Crippen MR) is 128 cm³/mol. The normalized spacial score (nSPS) is 14.3. The Kier molecular flexibility index (Phi) is 5.70. The van der Waals surface area contributed by atoms with Gasteiger partial charge in [-0.15, -0.1) is 0 Å². The molecule has 156 valence electrons. The molecule has 5 rings (SSSR count). The van der Waals surface area contributed by atoms with Gasteiger partial charge in [0.25, 0.3) is 0 Å². The Morgan fingerprint density at radius 3 is 2.71 bits per heavy atom. The minimum Gasteiger partial charge on any atom is -0.478 e. The number of hydrogen-bond donors (Lipinski definition) is 0. The van der Waals surface area contributed by atoms with E-state index in [4.69, 9.17) is 14.4 Å². The van der Waals surface area contributed by atoms with E-state index in [0.717, 1.165) is 44.5 Å². The van der Waals surface area contributed by atoms with E-state index in [-0.39, 0.29) is 6.61 Å². The largest absolute Gasteiger partial charge is 0.478 e. The van der Waals surface area contributed by atoms with E-state index >= 15 is 0 Å². The monoisotopic (exact) mass is 473 g/mol. The van der Waals surface area contributed by atoms with Crippen LogP contribution in [0.5, 0.6) is 5.75 Å². The van der Waals surface area contributed by atoms with Crippen molar-refractivity contribution in [1.29, 1.82) is 5.26 Å². The molecule has 0 atom stereocenters. The molecule has 31 heavy (non-hydrogen) atoms. The molecule has 3 nitrogen and oxygen atoms in total. The summed E-state index contributed by atoms with van der Waals surface area (Å²) in [5.74, 6) is 2.52. The van der Waals surface area contributed by atoms with Crippen molar-refractivity contribution in [3.8, 4) is 23.1 Å². The highest BCUT2D eigenvalue weighted by Crippen LogP contribution is 2.40. The number of furan rings is 1. The molecular formula is C27H24BrNO2. The average Bonchev–Trinajstić information content (AvgIpc) is 3.45. The number of hydrogen-bond acceptors (Lipinski definition) is 3. The third kappa shape index (κ3) is 3.95. The molecule has 0 aliphatic heterocycles. The summed E-state index contributed by atoms with van der Waals surface area (Å²) in [7, 11) is 0. The molecule has 1 heterocycles. The highest BCUT2D eigenvalue weighted by Gasteiger charge is 2.20. The first-order valence-electron chi connectivity index (χ1n) is 11.0. The lowest BCUT2D eigenvalue weighted by molar-refractivity contribution is 0.366. The second-order valence-corrected chi connectivity index (χ2v) is 9.15. The lowest BCUT2D eigenvalue weighted by Gasteiger charge is -2.11. The first-order chi connectivity index (χ1) is 15.2. The number of aryl methyl sites for hydroxylation is 1. The van der Waals surface area contributed by atoms with E-state index in [9.17, 15) is 0 Å². The molecule has 0 radical (unpaired) electrons. The molecule has 0 unspecified atom stereocenters. The molecule has 4 heteroatoms. The van der Waals surface area contributed by atoms with E-state index < -0.39 is 0 Å². The molecule has 0 saturated heterocycles. The minimum absolute atomic E-state index is 0.0333. The highest BCUT2D eigenvalue weighted by molar-refractivity contribution is 9.10. The number of nitriles is 1. The topological polar surface area (TPSA) is 46.2 Å². The fourth-order valence-electron chi connectivity index (χ4n) is 4.86. The van der Waals surface area contributed by atoms with Gasteiger partial charge in [0.2, 0.25) is 0 Å². The van der Waals surface area contributed by atoms with E-state index in [0.29, 0.717) is 5.75 Å². The number of rotatable bonds is 6. The van der Waals surface area contributed by atoms with Crippen molar-refractivity contribution in [2.24, 2.45) is 5.92 Å². The standard InChI is InChI=1S/C27H24BrNO2/c28-26-21-13-10-20(17-19(21)11-14-25(26)30-16-15-29)27-23(12-9-18-5-1-2-6-18)22-7-3-4-8-24(22)31-27/h3-4,7-8,10-11,13-14,17-18H,1-2,5-6,9,12,16H2. The molecular weight excluding hydrogens is 450 g/mol. The molecule has 1 aromatic heterocycles. The molecule has 0 spiro atoms. The van der Waals surface area contributed by atoms with Crippen molar-refractivity contribution in [1.82, 2.24) is 0 Å². The Hall–Kier alpha value is -2.77. The van der Waals surface area contributed by atoms with Gasteiger partial charge in [0.1, 0.15) is 23.2 Å². The van der Waals surface area contributed by atoms with Crippen LogP contribution >= 0.6 is 15.9 Å². The Bertz CT molecular complexity index is 1280. The Morgan fingerprint density at radius 2 is 1.87 bits per heavy atom. The molecule has 4 aromatic rings. The summed E-state index contributed by atoms with van der Waals surface area (Å²) < 4.78 is 12.8. The van der Waals surface area contributed by atoms with Crippen molar-refractivity contribution in [2.75, 3.05) is 6.61 Å². The van der Waals surface area contributed by atoms with Gasteiger partial charge in [-0.05, 0) is 63.7 Å². The Labute approximate surface area is 190 Å². The molecule has 1 saturated carbocycles. The quantitative estimate of drug-likeness (QED) is 0.284. The summed E-state index contributed by atoms with van der Waals surface area (Å²) in [6.45, 7) is 0.0333. The van der Waals surface area contributed by atoms with Gasteiger partial charge in [-0.3, -0.25) is 0 Å². The van der Waals surface area contributed by atoms with Crippen molar-refractivity contribution < 1.29 is 9.15 Å². The SMILES string of the molecule is N#CCOc1ccc2cc(-c3oc4ccccc4c3CCC3CCCC3)ccc2c1Br. The summed E-state index contributed by atoms with van der Waals surface area (Å²) in [5, 5.41) is 12.2. The van der Waals surface area contributed by atoms with E-state index in [2.05, 4.69) is 52.3 Å². The van der Waals surface area contributed by atoms with Crippen LogP contribution in [0, 0.1) is 17.2 Å². The molecule has 1 fully saturated rings. The van der Waals surface area contributed by atoms with Crippen LogP contribution in [0.2, 0.25) is 0 Å². The summed E-state index contributed by atoms with van der Waals surface area (Å²) in [6.07, 6.45) is 7.78. The fraction of sp³-hybridized carbons (Fsp3) is 0.296. The maximum Gasteiger partial charge on any atom is 0.174 e. The lowest BCUT2D eigenvalue weighted by atomic mass is 9.94. The van der Waals surface area contributed by atoms with Crippen molar-refractivity contribution >= 4 is 37.7 Å². The number of para-hydroxylation sites is 1. The van der Waals surface area contributed by atoms with E-state index in [1.807, 2.05) is 24.3 Å². The molecule has 1 aliphatic carbocycles. The van der Waals surface area contributed by atoms with Crippen LogP contribution in [-0.2, 0) is 6.42 Å². The maximum absolute atomic E-state index is 8.79. The second kappa shape index (κ2) is 8.77. The number of halogens is 1. The molecule has 3 aromatic carbocycles. The number of ether oxygens (including phenoxy) is 1. The fourth-order valence-corrected chi connectivity index (χ4v) is 5.47. The van der Waals surface area contributed by atoms with Gasteiger partial charge in [-0.25, -0.2) is 0 Å². The van der Waals surface area contributed by atoms with Gasteiger partial charge in [0.15, 0.2) is 6.61 Å². The first kappa shape index (κ1) is 20.2. The van der Waals surface area contributed by atoms with Crippen LogP contribution in [0.4, 0.5) is 0 Å². The first-order valence-corrected chi connectivity index (χ1v) is 11.8. The summed E-state index contributed by atoms with van der Waals surface area (Å²) in [6, 6.07) is 20.8. The zero-order valence-corrected chi connectivity index (χ0v) is 19.0. The smallest absolute Gasteiger partial charge is 0.174 e. The van der Waals surface area contributed by atoms with Crippen LogP contribution in [0.15, 0.2) is 63.5 Å². The van der Waals surface area contributed by atoms with Gasteiger partial charge >= 0.3 is 0 Å². The zero-order valence-electron chi connectivity index (χ0n) is 17.4. The van der Waals surface area contributed by atoms with Crippen LogP contribution in [0.1, 0.15) is 37.7 Å². The summed E-state index contributed by atoms with van der Waals surface area (Å²) in [4.78, 5) is 0. The highest BCUT2D eigenvalue weighted by atomic mass is 79.9. The van der Waals surface area contributed by atoms with Gasteiger partial charge in [0.05, 0.1) is 4.47 Å². The third-order valence-corrected chi connectivity index (χ3v) is 7.27. The maximum atomic E-state index is 8.79. The molecule has 1 aliphatic rings. The second-order valence-electron chi connectivity index (χ2n) is 8.36. The van der Waals surface area contributed by atoms with Crippen molar-refractivity contribution in [3.63, 3.8) is 0 Å². The molecule has 0 amide bonds. The molecule has 0 N–H and O–H groups in total. The van der Waals surface area contributed by atoms with E-state index in [1.54, 1.807) is 0 Å². The number of benzene rings is 3. The van der Waals surface area contributed by atoms with Gasteiger partial charge in [-0.2, -0.15) is 5.26 Å². The predicted octanol–water partition coefficient (Wildman–Crippen LogP) is 8.04. The van der Waals surface area contributed by atoms with Crippen molar-refractivity contribution in [2.45, 2.75) is 38.5 Å².